The normalized spacial score (nSPS) is 30.1. The molecule has 2 aliphatic rings. The molecular weight excluding hydrogens is 256 g/mol. The first-order chi connectivity index (χ1) is 9.53. The van der Waals surface area contributed by atoms with Crippen LogP contribution >= 0.6 is 0 Å². The summed E-state index contributed by atoms with van der Waals surface area (Å²) in [6.07, 6.45) is 4.69. The van der Waals surface area contributed by atoms with Crippen molar-refractivity contribution in [1.82, 2.24) is 10.1 Å². The third-order valence-electron chi connectivity index (χ3n) is 5.00. The van der Waals surface area contributed by atoms with Crippen LogP contribution in [0.25, 0.3) is 0 Å². The fraction of sp³-hybridized carbons (Fsp3) is 0.733. The molecule has 1 aliphatic heterocycles. The Kier molecular flexibility index (Phi) is 3.32. The Morgan fingerprint density at radius 3 is 2.75 bits per heavy atom. The molecule has 2 atom stereocenters. The summed E-state index contributed by atoms with van der Waals surface area (Å²) in [5.41, 5.74) is 1.17. The van der Waals surface area contributed by atoms with Crippen molar-refractivity contribution >= 4 is 5.91 Å². The van der Waals surface area contributed by atoms with E-state index in [9.17, 15) is 9.90 Å². The summed E-state index contributed by atoms with van der Waals surface area (Å²) in [7, 11) is 0. The van der Waals surface area contributed by atoms with E-state index in [1.54, 1.807) is 13.8 Å². The quantitative estimate of drug-likeness (QED) is 0.854. The minimum atomic E-state index is -0.261. The van der Waals surface area contributed by atoms with Gasteiger partial charge in [-0.15, -0.1) is 0 Å². The zero-order chi connectivity index (χ0) is 14.3. The fourth-order valence-electron chi connectivity index (χ4n) is 3.88. The topological polar surface area (TPSA) is 66.6 Å². The first-order valence-corrected chi connectivity index (χ1v) is 7.44. The molecule has 1 spiro atoms. The van der Waals surface area contributed by atoms with Crippen LogP contribution in [-0.2, 0) is 0 Å². The lowest BCUT2D eigenvalue weighted by molar-refractivity contribution is -0.00542. The third kappa shape index (κ3) is 2.04. The van der Waals surface area contributed by atoms with E-state index in [-0.39, 0.29) is 17.4 Å². The van der Waals surface area contributed by atoms with Gasteiger partial charge in [0.1, 0.15) is 11.3 Å². The predicted octanol–water partition coefficient (Wildman–Crippen LogP) is 2.06. The van der Waals surface area contributed by atoms with Crippen molar-refractivity contribution < 1.29 is 14.4 Å². The Labute approximate surface area is 118 Å². The highest BCUT2D eigenvalue weighted by Crippen LogP contribution is 2.45. The summed E-state index contributed by atoms with van der Waals surface area (Å²) in [5.74, 6) is 0.582. The second-order valence-electron chi connectivity index (χ2n) is 6.30. The fourth-order valence-corrected chi connectivity index (χ4v) is 3.88. The van der Waals surface area contributed by atoms with Gasteiger partial charge < -0.3 is 14.5 Å². The summed E-state index contributed by atoms with van der Waals surface area (Å²) in [6, 6.07) is 0. The van der Waals surface area contributed by atoms with Crippen LogP contribution < -0.4 is 0 Å². The molecule has 20 heavy (non-hydrogen) atoms. The van der Waals surface area contributed by atoms with E-state index < -0.39 is 0 Å². The number of rotatable bonds is 1. The Morgan fingerprint density at radius 1 is 1.40 bits per heavy atom. The summed E-state index contributed by atoms with van der Waals surface area (Å²) >= 11 is 0. The number of amides is 1. The number of hydrogen-bond donors (Lipinski definition) is 1. The highest BCUT2D eigenvalue weighted by atomic mass is 16.5. The maximum absolute atomic E-state index is 12.7. The number of aliphatic hydroxyl groups excluding tert-OH is 1. The van der Waals surface area contributed by atoms with Gasteiger partial charge >= 0.3 is 0 Å². The third-order valence-corrected chi connectivity index (χ3v) is 5.00. The Bertz CT molecular complexity index is 506. The molecule has 1 saturated carbocycles. The maximum Gasteiger partial charge on any atom is 0.259 e. The van der Waals surface area contributed by atoms with Crippen LogP contribution in [0.4, 0.5) is 0 Å². The number of likely N-dealkylation sites (tertiary alicyclic amines) is 1. The van der Waals surface area contributed by atoms with Crippen LogP contribution in [-0.4, -0.2) is 40.3 Å². The molecule has 0 unspecified atom stereocenters. The summed E-state index contributed by atoms with van der Waals surface area (Å²) < 4.78 is 5.10. The van der Waals surface area contributed by atoms with Crippen molar-refractivity contribution in [2.24, 2.45) is 5.41 Å². The summed E-state index contributed by atoms with van der Waals surface area (Å²) in [4.78, 5) is 14.6. The predicted molar refractivity (Wildman–Crippen MR) is 73.4 cm³/mol. The molecule has 5 nitrogen and oxygen atoms in total. The van der Waals surface area contributed by atoms with Gasteiger partial charge in [0.15, 0.2) is 0 Å². The van der Waals surface area contributed by atoms with Crippen LogP contribution in [0.2, 0.25) is 0 Å². The lowest BCUT2D eigenvalue weighted by Crippen LogP contribution is -2.49. The molecule has 0 aromatic carbocycles. The minimum Gasteiger partial charge on any atom is -0.392 e. The lowest BCUT2D eigenvalue weighted by Gasteiger charge is -2.42. The first-order valence-electron chi connectivity index (χ1n) is 7.44. The van der Waals surface area contributed by atoms with E-state index in [1.807, 2.05) is 4.90 Å². The van der Waals surface area contributed by atoms with Crippen molar-refractivity contribution in [3.05, 3.63) is 17.0 Å². The second-order valence-corrected chi connectivity index (χ2v) is 6.30. The van der Waals surface area contributed by atoms with Crippen LogP contribution in [0.1, 0.15) is 53.9 Å². The van der Waals surface area contributed by atoms with Crippen molar-refractivity contribution in [2.45, 2.75) is 52.1 Å². The summed E-state index contributed by atoms with van der Waals surface area (Å²) in [6.45, 7) is 5.00. The van der Waals surface area contributed by atoms with E-state index in [1.165, 1.54) is 0 Å². The molecule has 0 bridgehead atoms. The van der Waals surface area contributed by atoms with E-state index in [0.717, 1.165) is 38.6 Å². The number of aliphatic hydroxyl groups is 1. The van der Waals surface area contributed by atoms with Gasteiger partial charge in [0.2, 0.25) is 0 Å². The number of piperidine rings is 1. The highest BCUT2D eigenvalue weighted by Gasteiger charge is 2.46. The zero-order valence-electron chi connectivity index (χ0n) is 12.2. The highest BCUT2D eigenvalue weighted by molar-refractivity contribution is 5.96. The minimum absolute atomic E-state index is 0.000532. The number of aryl methyl sites for hydroxylation is 2. The van der Waals surface area contributed by atoms with Gasteiger partial charge in [0.25, 0.3) is 5.91 Å². The van der Waals surface area contributed by atoms with Gasteiger partial charge in [0.05, 0.1) is 11.8 Å². The van der Waals surface area contributed by atoms with Gasteiger partial charge in [-0.05, 0) is 39.5 Å². The average molecular weight is 278 g/mol. The molecule has 0 radical (unpaired) electrons. The van der Waals surface area contributed by atoms with E-state index in [4.69, 9.17) is 4.52 Å². The monoisotopic (exact) mass is 278 g/mol. The van der Waals surface area contributed by atoms with Gasteiger partial charge in [0, 0.05) is 18.5 Å². The standard InChI is InChI=1S/C15H22N2O3/c1-10-13(11(2)20-16-10)14(19)17-8-4-7-15(9-17)6-3-5-12(15)18/h12,18H,3-9H2,1-2H3/t12-,15-/m1/s1. The van der Waals surface area contributed by atoms with Crippen molar-refractivity contribution in [3.8, 4) is 0 Å². The van der Waals surface area contributed by atoms with Gasteiger partial charge in [-0.25, -0.2) is 0 Å². The van der Waals surface area contributed by atoms with Crippen LogP contribution in [0.3, 0.4) is 0 Å². The van der Waals surface area contributed by atoms with E-state index in [0.29, 0.717) is 23.6 Å². The largest absolute Gasteiger partial charge is 0.392 e. The number of hydrogen-bond acceptors (Lipinski definition) is 4. The molecule has 1 amide bonds. The van der Waals surface area contributed by atoms with Crippen LogP contribution in [0, 0.1) is 19.3 Å². The summed E-state index contributed by atoms with van der Waals surface area (Å²) in [5, 5.41) is 14.1. The molecule has 1 aliphatic carbocycles. The first kappa shape index (κ1) is 13.6. The molecular formula is C15H22N2O3. The second kappa shape index (κ2) is 4.88. The van der Waals surface area contributed by atoms with E-state index in [2.05, 4.69) is 5.16 Å². The van der Waals surface area contributed by atoms with E-state index >= 15 is 0 Å². The van der Waals surface area contributed by atoms with Crippen molar-refractivity contribution in [2.75, 3.05) is 13.1 Å². The Morgan fingerprint density at radius 2 is 2.15 bits per heavy atom. The smallest absolute Gasteiger partial charge is 0.259 e. The molecule has 2 heterocycles. The molecule has 1 N–H and O–H groups in total. The Hall–Kier alpha value is -1.36. The van der Waals surface area contributed by atoms with Crippen molar-refractivity contribution in [3.63, 3.8) is 0 Å². The number of nitrogens with zero attached hydrogens (tertiary/aromatic N) is 2. The Balaban J connectivity index is 1.82. The molecule has 1 saturated heterocycles. The number of aromatic nitrogens is 1. The molecule has 1 aromatic rings. The van der Waals surface area contributed by atoms with Crippen LogP contribution in [0.15, 0.2) is 4.52 Å². The maximum atomic E-state index is 12.7. The zero-order valence-corrected chi connectivity index (χ0v) is 12.2. The van der Waals surface area contributed by atoms with Crippen LogP contribution in [0.5, 0.6) is 0 Å². The van der Waals surface area contributed by atoms with Gasteiger partial charge in [-0.1, -0.05) is 11.6 Å². The van der Waals surface area contributed by atoms with Gasteiger partial charge in [-0.2, -0.15) is 0 Å². The molecule has 2 fully saturated rings. The molecule has 3 rings (SSSR count). The average Bonchev–Trinajstić information content (AvgIpc) is 2.94. The molecule has 1 aromatic heterocycles. The molecule has 5 heteroatoms. The number of carbonyl (C=O) groups is 1. The van der Waals surface area contributed by atoms with Gasteiger partial charge in [-0.3, -0.25) is 4.79 Å². The van der Waals surface area contributed by atoms with Crippen molar-refractivity contribution in [1.29, 1.82) is 0 Å². The number of carbonyl (C=O) groups excluding carboxylic acids is 1. The molecule has 110 valence electrons. The lowest BCUT2D eigenvalue weighted by atomic mass is 9.76. The SMILES string of the molecule is Cc1noc(C)c1C(=O)N1CCC[C@]2(CCC[C@H]2O)C1.